The second-order valence-corrected chi connectivity index (χ2v) is 11.0. The number of carboxylic acids is 1. The van der Waals surface area contributed by atoms with E-state index in [4.69, 9.17) is 5.11 Å². The lowest BCUT2D eigenvalue weighted by Crippen LogP contribution is -2.61. The molecule has 0 aromatic heterocycles. The summed E-state index contributed by atoms with van der Waals surface area (Å²) in [4.78, 5) is 15.5. The quantitative estimate of drug-likeness (QED) is 0.478. The third-order valence-corrected chi connectivity index (χ3v) is 8.48. The molecular formula is C32H34N2O3. The maximum atomic E-state index is 11.0. The van der Waals surface area contributed by atoms with Crippen molar-refractivity contribution in [2.45, 2.75) is 32.1 Å². The van der Waals surface area contributed by atoms with Crippen molar-refractivity contribution in [2.24, 2.45) is 5.41 Å². The van der Waals surface area contributed by atoms with Crippen LogP contribution in [-0.2, 0) is 11.2 Å². The Balaban J connectivity index is 1.26. The minimum atomic E-state index is -0.731. The number of carboxylic acid groups (broad SMARTS) is 1. The number of fused-ring (bicyclic) bond motifs is 1. The predicted molar refractivity (Wildman–Crippen MR) is 148 cm³/mol. The lowest BCUT2D eigenvalue weighted by molar-refractivity contribution is -0.142. The summed E-state index contributed by atoms with van der Waals surface area (Å²) >= 11 is 0. The van der Waals surface area contributed by atoms with E-state index in [0.29, 0.717) is 11.2 Å². The monoisotopic (exact) mass is 494 g/mol. The van der Waals surface area contributed by atoms with Crippen molar-refractivity contribution >= 4 is 22.8 Å². The van der Waals surface area contributed by atoms with Gasteiger partial charge >= 0.3 is 5.97 Å². The summed E-state index contributed by atoms with van der Waals surface area (Å²) < 4.78 is 0. The van der Waals surface area contributed by atoms with E-state index in [-0.39, 0.29) is 6.54 Å². The average molecular weight is 495 g/mol. The van der Waals surface area contributed by atoms with E-state index in [2.05, 4.69) is 70.5 Å². The number of aryl methyl sites for hydroxylation is 1. The number of aromatic hydroxyl groups is 1. The number of benzene rings is 3. The van der Waals surface area contributed by atoms with E-state index in [1.165, 1.54) is 39.1 Å². The van der Waals surface area contributed by atoms with Crippen LogP contribution in [0.5, 0.6) is 5.75 Å². The molecule has 6 rings (SSSR count). The van der Waals surface area contributed by atoms with Gasteiger partial charge in [-0.25, -0.2) is 0 Å². The van der Waals surface area contributed by atoms with E-state index < -0.39 is 5.97 Å². The zero-order valence-electron chi connectivity index (χ0n) is 21.2. The molecule has 1 spiro atoms. The molecule has 2 saturated heterocycles. The van der Waals surface area contributed by atoms with Gasteiger partial charge in [0.05, 0.1) is 6.54 Å². The summed E-state index contributed by atoms with van der Waals surface area (Å²) in [6.07, 6.45) is 5.25. The van der Waals surface area contributed by atoms with E-state index in [1.807, 2.05) is 12.1 Å². The molecule has 3 aromatic carbocycles. The van der Waals surface area contributed by atoms with Crippen molar-refractivity contribution in [2.75, 3.05) is 37.6 Å². The highest BCUT2D eigenvalue weighted by atomic mass is 16.4. The third kappa shape index (κ3) is 4.76. The van der Waals surface area contributed by atoms with E-state index in [1.54, 1.807) is 0 Å². The molecule has 2 aliphatic heterocycles. The van der Waals surface area contributed by atoms with Crippen LogP contribution in [0.1, 0.15) is 47.9 Å². The fraction of sp³-hybridized carbons (Fsp3) is 0.344. The molecule has 0 unspecified atom stereocenters. The van der Waals surface area contributed by atoms with Gasteiger partial charge in [-0.05, 0) is 95.2 Å². The third-order valence-electron chi connectivity index (χ3n) is 8.48. The van der Waals surface area contributed by atoms with Crippen LogP contribution in [0.2, 0.25) is 0 Å². The Hall–Kier alpha value is -3.57. The first-order valence-electron chi connectivity index (χ1n) is 13.4. The lowest BCUT2D eigenvalue weighted by Gasteiger charge is -2.54. The first-order valence-corrected chi connectivity index (χ1v) is 13.4. The number of nitrogens with zero attached hydrogens (tertiary/aromatic N) is 2. The number of hydrogen-bond donors (Lipinski definition) is 2. The minimum Gasteiger partial charge on any atom is -0.508 e. The van der Waals surface area contributed by atoms with Crippen LogP contribution < -0.4 is 4.90 Å². The number of allylic oxidation sites excluding steroid dienone is 1. The summed E-state index contributed by atoms with van der Waals surface area (Å²) in [6, 6.07) is 25.5. The number of likely N-dealkylation sites (tertiary alicyclic amines) is 1. The Morgan fingerprint density at radius 2 is 1.59 bits per heavy atom. The Kier molecular flexibility index (Phi) is 6.25. The maximum Gasteiger partial charge on any atom is 0.317 e. The van der Waals surface area contributed by atoms with Gasteiger partial charge in [0.15, 0.2) is 0 Å². The maximum absolute atomic E-state index is 11.0. The molecular weight excluding hydrogens is 460 g/mol. The molecule has 0 amide bonds. The minimum absolute atomic E-state index is 0.163. The summed E-state index contributed by atoms with van der Waals surface area (Å²) in [7, 11) is 0. The van der Waals surface area contributed by atoms with Gasteiger partial charge in [-0.1, -0.05) is 48.5 Å². The lowest BCUT2D eigenvalue weighted by atomic mass is 9.72. The number of rotatable bonds is 5. The van der Waals surface area contributed by atoms with Crippen LogP contribution >= 0.6 is 0 Å². The van der Waals surface area contributed by atoms with Crippen molar-refractivity contribution in [3.63, 3.8) is 0 Å². The van der Waals surface area contributed by atoms with Gasteiger partial charge in [0, 0.05) is 31.9 Å². The Bertz CT molecular complexity index is 1310. The van der Waals surface area contributed by atoms with Crippen molar-refractivity contribution in [1.29, 1.82) is 0 Å². The summed E-state index contributed by atoms with van der Waals surface area (Å²) in [5.41, 5.74) is 9.11. The van der Waals surface area contributed by atoms with Crippen LogP contribution in [0, 0.1) is 5.41 Å². The number of hydrogen-bond acceptors (Lipinski definition) is 4. The molecule has 3 aliphatic rings. The van der Waals surface area contributed by atoms with E-state index in [0.717, 1.165) is 58.3 Å². The van der Waals surface area contributed by atoms with Crippen LogP contribution in [0.4, 0.5) is 5.69 Å². The molecule has 0 radical (unpaired) electrons. The van der Waals surface area contributed by atoms with Gasteiger partial charge < -0.3 is 15.1 Å². The highest BCUT2D eigenvalue weighted by Crippen LogP contribution is 2.43. The van der Waals surface area contributed by atoms with Crippen LogP contribution in [-0.4, -0.2) is 53.8 Å². The second-order valence-electron chi connectivity index (χ2n) is 11.0. The summed E-state index contributed by atoms with van der Waals surface area (Å²) in [6.45, 7) is 4.02. The Morgan fingerprint density at radius 1 is 0.865 bits per heavy atom. The second kappa shape index (κ2) is 9.71. The molecule has 5 heteroatoms. The molecule has 1 aliphatic carbocycles. The largest absolute Gasteiger partial charge is 0.508 e. The first-order chi connectivity index (χ1) is 18.0. The van der Waals surface area contributed by atoms with Gasteiger partial charge in [-0.15, -0.1) is 0 Å². The van der Waals surface area contributed by atoms with Crippen molar-refractivity contribution < 1.29 is 15.0 Å². The SMILES string of the molecule is O=C(O)CN1CC2(CCN(c3ccc(C4=C(c5ccccc5)CCCc5cc(O)ccc54)cc3)CC2)C1. The number of phenols is 1. The average Bonchev–Trinajstić information content (AvgIpc) is 3.08. The molecule has 0 atom stereocenters. The predicted octanol–water partition coefficient (Wildman–Crippen LogP) is 5.67. The van der Waals surface area contributed by atoms with Gasteiger partial charge in [0.25, 0.3) is 0 Å². The molecule has 190 valence electrons. The molecule has 0 bridgehead atoms. The zero-order chi connectivity index (χ0) is 25.4. The summed E-state index contributed by atoms with van der Waals surface area (Å²) in [5, 5.41) is 19.2. The zero-order valence-corrected chi connectivity index (χ0v) is 21.2. The van der Waals surface area contributed by atoms with E-state index >= 15 is 0 Å². The van der Waals surface area contributed by atoms with Gasteiger partial charge in [-0.2, -0.15) is 0 Å². The van der Waals surface area contributed by atoms with E-state index in [9.17, 15) is 9.90 Å². The highest BCUT2D eigenvalue weighted by molar-refractivity contribution is 6.00. The Labute approximate surface area is 218 Å². The molecule has 2 N–H and O–H groups in total. The summed E-state index contributed by atoms with van der Waals surface area (Å²) in [5.74, 6) is -0.400. The number of phenolic OH excluding ortho intramolecular Hbond substituents is 1. The fourth-order valence-electron chi connectivity index (χ4n) is 6.63. The van der Waals surface area contributed by atoms with Crippen LogP contribution in [0.15, 0.2) is 72.8 Å². The molecule has 37 heavy (non-hydrogen) atoms. The standard InChI is InChI=1S/C32H34N2O3/c35-27-13-14-29-25(19-27)7-4-8-28(23-5-2-1-3-6-23)31(29)24-9-11-26(12-10-24)34-17-15-32(16-18-34)21-33(22-32)20-30(36)37/h1-3,5-6,9-14,19,35H,4,7-8,15-18,20-22H2,(H,36,37). The molecule has 2 fully saturated rings. The van der Waals surface area contributed by atoms with Gasteiger partial charge in [-0.3, -0.25) is 9.69 Å². The van der Waals surface area contributed by atoms with Gasteiger partial charge in [0.2, 0.25) is 0 Å². The molecule has 3 aromatic rings. The number of piperidine rings is 1. The fourth-order valence-corrected chi connectivity index (χ4v) is 6.63. The van der Waals surface area contributed by atoms with Crippen molar-refractivity contribution in [1.82, 2.24) is 4.90 Å². The normalized spacial score (nSPS) is 19.3. The van der Waals surface area contributed by atoms with Crippen molar-refractivity contribution in [3.8, 4) is 5.75 Å². The van der Waals surface area contributed by atoms with Crippen LogP contribution in [0.25, 0.3) is 11.1 Å². The molecule has 0 saturated carbocycles. The highest BCUT2D eigenvalue weighted by Gasteiger charge is 2.45. The number of anilines is 1. The Morgan fingerprint density at radius 3 is 2.30 bits per heavy atom. The van der Waals surface area contributed by atoms with Crippen LogP contribution in [0.3, 0.4) is 0 Å². The number of carbonyl (C=O) groups is 1. The van der Waals surface area contributed by atoms with Gasteiger partial charge in [0.1, 0.15) is 5.75 Å². The first kappa shape index (κ1) is 23.8. The van der Waals surface area contributed by atoms with Crippen molar-refractivity contribution in [3.05, 3.63) is 95.1 Å². The molecule has 5 nitrogen and oxygen atoms in total. The number of aliphatic carboxylic acids is 1. The topological polar surface area (TPSA) is 64.0 Å². The molecule has 2 heterocycles. The smallest absolute Gasteiger partial charge is 0.317 e.